The Hall–Kier alpha value is -3.74. The highest BCUT2D eigenvalue weighted by molar-refractivity contribution is 6.46. The van der Waals surface area contributed by atoms with Crippen LogP contribution in [0.4, 0.5) is 0 Å². The van der Waals surface area contributed by atoms with E-state index < -0.39 is 17.7 Å². The van der Waals surface area contributed by atoms with Gasteiger partial charge in [0.2, 0.25) is 0 Å². The molecule has 1 atom stereocenters. The fourth-order valence-electron chi connectivity index (χ4n) is 4.70. The Morgan fingerprint density at radius 2 is 1.85 bits per heavy atom. The number of carbonyl (C=O) groups is 2. The number of amides is 1. The van der Waals surface area contributed by atoms with Gasteiger partial charge in [0.05, 0.1) is 11.6 Å². The number of ether oxygens (including phenoxy) is 2. The molecule has 1 unspecified atom stereocenters. The summed E-state index contributed by atoms with van der Waals surface area (Å²) in [5.74, 6) is -0.363. The van der Waals surface area contributed by atoms with Crippen LogP contribution in [0.3, 0.4) is 0 Å². The zero-order chi connectivity index (χ0) is 23.1. The number of likely N-dealkylation sites (tertiary alicyclic amines) is 1. The van der Waals surface area contributed by atoms with Crippen LogP contribution in [-0.4, -0.2) is 46.0 Å². The predicted octanol–water partition coefficient (Wildman–Crippen LogP) is 4.17. The molecular weight excluding hydrogens is 420 g/mol. The molecule has 2 aromatic carbocycles. The molecule has 2 aliphatic rings. The van der Waals surface area contributed by atoms with Crippen LogP contribution in [0.2, 0.25) is 0 Å². The van der Waals surface area contributed by atoms with Crippen LogP contribution in [0, 0.1) is 0 Å². The van der Waals surface area contributed by atoms with Crippen LogP contribution in [0.25, 0.3) is 16.7 Å². The molecule has 0 saturated carbocycles. The van der Waals surface area contributed by atoms with E-state index in [-0.39, 0.29) is 11.3 Å². The highest BCUT2D eigenvalue weighted by Gasteiger charge is 2.46. The summed E-state index contributed by atoms with van der Waals surface area (Å²) in [7, 11) is 1.94. The van der Waals surface area contributed by atoms with Gasteiger partial charge in [0, 0.05) is 41.8 Å². The van der Waals surface area contributed by atoms with Crippen LogP contribution in [0.15, 0.2) is 54.2 Å². The van der Waals surface area contributed by atoms with Crippen molar-refractivity contribution in [3.8, 4) is 11.5 Å². The van der Waals surface area contributed by atoms with Crippen molar-refractivity contribution in [3.05, 3.63) is 65.4 Å². The van der Waals surface area contributed by atoms with Crippen molar-refractivity contribution in [2.75, 3.05) is 19.8 Å². The summed E-state index contributed by atoms with van der Waals surface area (Å²) < 4.78 is 13.2. The second kappa shape index (κ2) is 8.31. The van der Waals surface area contributed by atoms with E-state index in [0.717, 1.165) is 29.3 Å². The van der Waals surface area contributed by atoms with Gasteiger partial charge in [-0.05, 0) is 30.7 Å². The number of aryl methyl sites for hydroxylation is 1. The van der Waals surface area contributed by atoms with Crippen LogP contribution in [0.5, 0.6) is 11.5 Å². The zero-order valence-electron chi connectivity index (χ0n) is 18.7. The second-order valence-corrected chi connectivity index (χ2v) is 8.42. The van der Waals surface area contributed by atoms with Crippen LogP contribution >= 0.6 is 0 Å². The van der Waals surface area contributed by atoms with E-state index in [0.29, 0.717) is 36.8 Å². The van der Waals surface area contributed by atoms with E-state index >= 15 is 0 Å². The molecule has 0 aliphatic carbocycles. The summed E-state index contributed by atoms with van der Waals surface area (Å²) in [6.07, 6.45) is 3.59. The number of aliphatic hydroxyl groups excluding tert-OH is 1. The van der Waals surface area contributed by atoms with Gasteiger partial charge < -0.3 is 24.0 Å². The lowest BCUT2D eigenvalue weighted by molar-refractivity contribution is -0.139. The summed E-state index contributed by atoms with van der Waals surface area (Å²) in [6.45, 7) is 3.35. The minimum absolute atomic E-state index is 0.101. The standard InChI is InChI=1S/C26H26N2O5/c1-3-4-11-28-23(18-15-27(2)19-8-6-5-7-17(18)19)22(25(30)26(28)31)24(29)16-9-10-20-21(14-16)33-13-12-32-20/h5-10,14-15,23,29H,3-4,11-13H2,1-2H3/b24-22+. The number of nitrogens with zero attached hydrogens (tertiary/aromatic N) is 2. The molecule has 5 rings (SSSR count). The highest BCUT2D eigenvalue weighted by Crippen LogP contribution is 2.43. The molecule has 7 heteroatoms. The number of rotatable bonds is 5. The monoisotopic (exact) mass is 446 g/mol. The maximum Gasteiger partial charge on any atom is 0.295 e. The number of Topliss-reactive ketones (excluding diaryl/α,β-unsaturated/α-hetero) is 1. The normalized spacial score (nSPS) is 19.5. The molecule has 1 saturated heterocycles. The molecule has 0 spiro atoms. The molecule has 170 valence electrons. The number of unbranched alkanes of at least 4 members (excludes halogenated alkanes) is 1. The minimum Gasteiger partial charge on any atom is -0.507 e. The molecular formula is C26H26N2O5. The van der Waals surface area contributed by atoms with Crippen molar-refractivity contribution >= 4 is 28.4 Å². The first-order valence-electron chi connectivity index (χ1n) is 11.2. The van der Waals surface area contributed by atoms with Gasteiger partial charge in [-0.1, -0.05) is 31.5 Å². The Morgan fingerprint density at radius 1 is 1.09 bits per heavy atom. The third-order valence-electron chi connectivity index (χ3n) is 6.33. The van der Waals surface area contributed by atoms with Gasteiger partial charge in [-0.2, -0.15) is 0 Å². The maximum atomic E-state index is 13.2. The Labute approximate surface area is 191 Å². The Kier molecular flexibility index (Phi) is 5.32. The van der Waals surface area contributed by atoms with Crippen molar-refractivity contribution in [3.63, 3.8) is 0 Å². The Bertz CT molecular complexity index is 1290. The van der Waals surface area contributed by atoms with Crippen LogP contribution < -0.4 is 9.47 Å². The minimum atomic E-state index is -0.671. The lowest BCUT2D eigenvalue weighted by Crippen LogP contribution is -2.30. The van der Waals surface area contributed by atoms with Crippen molar-refractivity contribution in [2.45, 2.75) is 25.8 Å². The number of fused-ring (bicyclic) bond motifs is 2. The number of hydrogen-bond acceptors (Lipinski definition) is 5. The first-order valence-corrected chi connectivity index (χ1v) is 11.2. The quantitative estimate of drug-likeness (QED) is 0.361. The maximum absolute atomic E-state index is 13.2. The Morgan fingerprint density at radius 3 is 2.64 bits per heavy atom. The predicted molar refractivity (Wildman–Crippen MR) is 124 cm³/mol. The van der Waals surface area contributed by atoms with Gasteiger partial charge in [0.15, 0.2) is 11.5 Å². The van der Waals surface area contributed by atoms with Crippen molar-refractivity contribution < 1.29 is 24.2 Å². The summed E-state index contributed by atoms with van der Waals surface area (Å²) >= 11 is 0. The summed E-state index contributed by atoms with van der Waals surface area (Å²) in [6, 6.07) is 12.2. The van der Waals surface area contributed by atoms with Gasteiger partial charge in [-0.15, -0.1) is 0 Å². The van der Waals surface area contributed by atoms with Gasteiger partial charge in [-0.25, -0.2) is 0 Å². The Balaban J connectivity index is 1.70. The molecule has 2 aliphatic heterocycles. The summed E-state index contributed by atoms with van der Waals surface area (Å²) in [5.41, 5.74) is 2.33. The zero-order valence-corrected chi connectivity index (χ0v) is 18.7. The molecule has 7 nitrogen and oxygen atoms in total. The summed E-state index contributed by atoms with van der Waals surface area (Å²) in [4.78, 5) is 27.9. The molecule has 3 aromatic rings. The lowest BCUT2D eigenvalue weighted by atomic mass is 9.94. The van der Waals surface area contributed by atoms with Crippen molar-refractivity contribution in [1.82, 2.24) is 9.47 Å². The number of aliphatic hydroxyl groups is 1. The van der Waals surface area contributed by atoms with Crippen molar-refractivity contribution in [1.29, 1.82) is 0 Å². The molecule has 1 aromatic heterocycles. The van der Waals surface area contributed by atoms with E-state index in [1.54, 1.807) is 23.1 Å². The summed E-state index contributed by atoms with van der Waals surface area (Å²) in [5, 5.41) is 12.3. The van der Waals surface area contributed by atoms with Gasteiger partial charge in [-0.3, -0.25) is 9.59 Å². The van der Waals surface area contributed by atoms with E-state index in [1.165, 1.54) is 0 Å². The van der Waals surface area contributed by atoms with E-state index in [4.69, 9.17) is 9.47 Å². The highest BCUT2D eigenvalue weighted by atomic mass is 16.6. The number of ketones is 1. The average Bonchev–Trinajstić information content (AvgIpc) is 3.30. The third-order valence-corrected chi connectivity index (χ3v) is 6.33. The molecule has 0 radical (unpaired) electrons. The molecule has 1 N–H and O–H groups in total. The topological polar surface area (TPSA) is 81.0 Å². The molecule has 3 heterocycles. The van der Waals surface area contributed by atoms with Gasteiger partial charge >= 0.3 is 0 Å². The number of para-hydroxylation sites is 1. The van der Waals surface area contributed by atoms with Crippen LogP contribution in [0.1, 0.15) is 36.9 Å². The smallest absolute Gasteiger partial charge is 0.295 e. The largest absolute Gasteiger partial charge is 0.507 e. The molecule has 1 amide bonds. The fourth-order valence-corrected chi connectivity index (χ4v) is 4.70. The molecule has 0 bridgehead atoms. The average molecular weight is 447 g/mol. The van der Waals surface area contributed by atoms with Gasteiger partial charge in [0.25, 0.3) is 11.7 Å². The first-order chi connectivity index (χ1) is 16.0. The first kappa shape index (κ1) is 21.1. The number of hydrogen-bond donors (Lipinski definition) is 1. The number of aromatic nitrogens is 1. The van der Waals surface area contributed by atoms with E-state index in [9.17, 15) is 14.7 Å². The molecule has 1 fully saturated rings. The van der Waals surface area contributed by atoms with E-state index in [2.05, 4.69) is 0 Å². The number of carbonyl (C=O) groups excluding carboxylic acids is 2. The molecule has 33 heavy (non-hydrogen) atoms. The number of benzene rings is 2. The van der Waals surface area contributed by atoms with E-state index in [1.807, 2.05) is 49.0 Å². The van der Waals surface area contributed by atoms with Crippen molar-refractivity contribution in [2.24, 2.45) is 7.05 Å². The SMILES string of the molecule is CCCCN1C(=O)C(=O)/C(=C(/O)c2ccc3c(c2)OCCO3)C1c1cn(C)c2ccccc12. The third kappa shape index (κ3) is 3.44. The second-order valence-electron chi connectivity index (χ2n) is 8.42. The van der Waals surface area contributed by atoms with Crippen LogP contribution in [-0.2, 0) is 16.6 Å². The lowest BCUT2D eigenvalue weighted by Gasteiger charge is -2.25. The fraction of sp³-hybridized carbons (Fsp3) is 0.308. The van der Waals surface area contributed by atoms with Gasteiger partial charge in [0.1, 0.15) is 19.0 Å².